The van der Waals surface area contributed by atoms with Crippen LogP contribution in [-0.2, 0) is 22.2 Å². The fourth-order valence-corrected chi connectivity index (χ4v) is 0. The summed E-state index contributed by atoms with van der Waals surface area (Å²) in [6.45, 7) is 4.80. The Kier molecular flexibility index (Phi) is 17.2. The first-order chi connectivity index (χ1) is 2.94. The summed E-state index contributed by atoms with van der Waals surface area (Å²) in [5.41, 5.74) is -0.694. The van der Waals surface area contributed by atoms with E-state index in [1.54, 1.807) is 20.8 Å². The third-order valence-corrected chi connectivity index (χ3v) is 0.612. The summed E-state index contributed by atoms with van der Waals surface area (Å²) in [5, 5.41) is 9.91. The zero-order chi connectivity index (χ0) is 6.08. The van der Waals surface area contributed by atoms with Gasteiger partial charge in [0.25, 0.3) is 0 Å². The Morgan fingerprint density at radius 2 is 1.30 bits per heavy atom. The van der Waals surface area contributed by atoms with Crippen LogP contribution >= 0.6 is 0 Å². The summed E-state index contributed by atoms with van der Waals surface area (Å²) in [5.74, 6) is -1.01. The van der Waals surface area contributed by atoms with Crippen LogP contribution in [0.1, 0.15) is 20.8 Å². The second-order valence-electron chi connectivity index (χ2n) is 2.54. The number of carboxylic acid groups (broad SMARTS) is 1. The quantitative estimate of drug-likeness (QED) is 0.410. The molecule has 0 aliphatic heterocycles. The number of hydrogen-bond acceptors (Lipinski definition) is 2. The standard InChI is InChI=1S/C5H10O2.2ClH.Cr/c1-5(2,3)4(6)7;;;/h1-3H3,(H,6,7);2*1H;/q;;;+3/p-3. The molecule has 0 aliphatic rings. The van der Waals surface area contributed by atoms with Crippen LogP contribution < -0.4 is 29.9 Å². The fourth-order valence-electron chi connectivity index (χ4n) is 0. The van der Waals surface area contributed by atoms with Crippen molar-refractivity contribution in [3.05, 3.63) is 0 Å². The van der Waals surface area contributed by atoms with Gasteiger partial charge >= 0.3 is 17.4 Å². The largest absolute Gasteiger partial charge is 3.00 e. The predicted octanol–water partition coefficient (Wildman–Crippen LogP) is -6.21. The molecule has 0 aliphatic carbocycles. The van der Waals surface area contributed by atoms with Gasteiger partial charge in [-0.25, -0.2) is 0 Å². The second-order valence-corrected chi connectivity index (χ2v) is 2.54. The Balaban J connectivity index is -0.0000000600. The van der Waals surface area contributed by atoms with Gasteiger partial charge in [-0.15, -0.1) is 0 Å². The third-order valence-electron chi connectivity index (χ3n) is 0.612. The van der Waals surface area contributed by atoms with Crippen molar-refractivity contribution in [1.29, 1.82) is 0 Å². The van der Waals surface area contributed by atoms with Crippen molar-refractivity contribution in [3.8, 4) is 0 Å². The van der Waals surface area contributed by atoms with E-state index in [0.29, 0.717) is 0 Å². The van der Waals surface area contributed by atoms with Gasteiger partial charge in [0.15, 0.2) is 0 Å². The minimum absolute atomic E-state index is 0. The second kappa shape index (κ2) is 7.69. The van der Waals surface area contributed by atoms with E-state index in [9.17, 15) is 9.90 Å². The molecule has 0 saturated heterocycles. The third kappa shape index (κ3) is 11.4. The summed E-state index contributed by atoms with van der Waals surface area (Å²) >= 11 is 0. The molecule has 0 N–H and O–H groups in total. The van der Waals surface area contributed by atoms with Gasteiger partial charge in [-0.1, -0.05) is 20.8 Å². The van der Waals surface area contributed by atoms with Crippen LogP contribution in [0.2, 0.25) is 0 Å². The van der Waals surface area contributed by atoms with E-state index in [4.69, 9.17) is 0 Å². The molecule has 10 heavy (non-hydrogen) atoms. The molecule has 0 unspecified atom stereocenters. The number of hydrogen-bond donors (Lipinski definition) is 0. The van der Waals surface area contributed by atoms with Gasteiger partial charge in [-0.2, -0.15) is 0 Å². The van der Waals surface area contributed by atoms with Crippen molar-refractivity contribution in [3.63, 3.8) is 0 Å². The number of halogens is 2. The van der Waals surface area contributed by atoms with Gasteiger partial charge in [0, 0.05) is 11.4 Å². The molecule has 0 heterocycles. The molecular weight excluding hydrogens is 215 g/mol. The Bertz CT molecular complexity index is 90.1. The summed E-state index contributed by atoms with van der Waals surface area (Å²) in [6, 6.07) is 0. The maximum absolute atomic E-state index is 9.91. The van der Waals surface area contributed by atoms with Crippen LogP contribution in [0.5, 0.6) is 0 Å². The number of rotatable bonds is 0. The smallest absolute Gasteiger partial charge is 1.00 e. The first-order valence-electron chi connectivity index (χ1n) is 2.16. The van der Waals surface area contributed by atoms with Crippen LogP contribution in [0, 0.1) is 5.41 Å². The van der Waals surface area contributed by atoms with E-state index in [1.807, 2.05) is 0 Å². The number of aliphatic carboxylic acids is 1. The molecule has 0 rings (SSSR count). The van der Waals surface area contributed by atoms with Crippen LogP contribution in [0.15, 0.2) is 0 Å². The Hall–Kier alpha value is 0.582. The number of carbonyl (C=O) groups is 1. The molecule has 5 heteroatoms. The maximum atomic E-state index is 9.91. The molecule has 0 saturated carbocycles. The molecule has 2 nitrogen and oxygen atoms in total. The number of carbonyl (C=O) groups excluding carboxylic acids is 1. The van der Waals surface area contributed by atoms with Crippen molar-refractivity contribution in [1.82, 2.24) is 0 Å². The molecule has 0 aromatic heterocycles. The minimum atomic E-state index is -1.01. The summed E-state index contributed by atoms with van der Waals surface area (Å²) in [7, 11) is 0. The SMILES string of the molecule is CC(C)(C)C(=O)[O-].[Cl-].[Cl-].[Cr+3]. The van der Waals surface area contributed by atoms with E-state index >= 15 is 0 Å². The Morgan fingerprint density at radius 3 is 1.30 bits per heavy atom. The van der Waals surface area contributed by atoms with Crippen molar-refractivity contribution in [2.45, 2.75) is 20.8 Å². The van der Waals surface area contributed by atoms with Gasteiger partial charge in [0.2, 0.25) is 0 Å². The molecule has 1 radical (unpaired) electrons. The van der Waals surface area contributed by atoms with Gasteiger partial charge in [0.1, 0.15) is 0 Å². The van der Waals surface area contributed by atoms with Gasteiger partial charge in [-0.3, -0.25) is 0 Å². The monoisotopic (exact) mass is 223 g/mol. The van der Waals surface area contributed by atoms with E-state index < -0.39 is 11.4 Å². The molecule has 0 amide bonds. The summed E-state index contributed by atoms with van der Waals surface area (Å²) < 4.78 is 0. The van der Waals surface area contributed by atoms with Crippen molar-refractivity contribution in [2.24, 2.45) is 5.41 Å². The summed E-state index contributed by atoms with van der Waals surface area (Å²) in [4.78, 5) is 9.91. The Morgan fingerprint density at radius 1 is 1.20 bits per heavy atom. The molecule has 0 atom stereocenters. The van der Waals surface area contributed by atoms with Gasteiger partial charge in [-0.05, 0) is 0 Å². The molecule has 0 aromatic carbocycles. The van der Waals surface area contributed by atoms with Crippen molar-refractivity contribution in [2.75, 3.05) is 0 Å². The summed E-state index contributed by atoms with van der Waals surface area (Å²) in [6.07, 6.45) is 0. The van der Waals surface area contributed by atoms with Gasteiger partial charge < -0.3 is 34.7 Å². The van der Waals surface area contributed by atoms with E-state index in [0.717, 1.165) is 0 Å². The minimum Gasteiger partial charge on any atom is -1.00 e. The zero-order valence-electron chi connectivity index (χ0n) is 5.98. The first kappa shape index (κ1) is 22.4. The molecule has 61 valence electrons. The van der Waals surface area contributed by atoms with Crippen LogP contribution in [0.3, 0.4) is 0 Å². The topological polar surface area (TPSA) is 40.1 Å². The normalized spacial score (nSPS) is 7.90. The molecule has 0 bridgehead atoms. The zero-order valence-corrected chi connectivity index (χ0v) is 8.77. The Labute approximate surface area is 84.3 Å². The van der Waals surface area contributed by atoms with E-state index in [-0.39, 0.29) is 42.2 Å². The molecule has 0 fully saturated rings. The van der Waals surface area contributed by atoms with Crippen molar-refractivity contribution >= 4 is 5.97 Å². The average molecular weight is 224 g/mol. The average Bonchev–Trinajstić information content (AvgIpc) is 1.31. The van der Waals surface area contributed by atoms with E-state index in [2.05, 4.69) is 0 Å². The number of carboxylic acids is 1. The molecule has 0 aromatic rings. The molecular formula is C5H9Cl2CrO2. The fraction of sp³-hybridized carbons (Fsp3) is 0.800. The van der Waals surface area contributed by atoms with Crippen LogP contribution in [0.25, 0.3) is 0 Å². The van der Waals surface area contributed by atoms with Crippen molar-refractivity contribution < 1.29 is 52.1 Å². The van der Waals surface area contributed by atoms with Gasteiger partial charge in [0.05, 0.1) is 0 Å². The van der Waals surface area contributed by atoms with E-state index in [1.165, 1.54) is 0 Å². The molecule has 0 spiro atoms. The first-order valence-corrected chi connectivity index (χ1v) is 2.16. The predicted molar refractivity (Wildman–Crippen MR) is 24.5 cm³/mol. The maximum Gasteiger partial charge on any atom is 3.00 e. The van der Waals surface area contributed by atoms with Crippen LogP contribution in [-0.4, -0.2) is 5.97 Å². The van der Waals surface area contributed by atoms with Crippen LogP contribution in [0.4, 0.5) is 0 Å².